The highest BCUT2D eigenvalue weighted by Crippen LogP contribution is 2.30. The van der Waals surface area contributed by atoms with E-state index >= 15 is 0 Å². The van der Waals surface area contributed by atoms with Gasteiger partial charge in [0.25, 0.3) is 0 Å². The van der Waals surface area contributed by atoms with Crippen molar-refractivity contribution in [2.24, 2.45) is 0 Å². The van der Waals surface area contributed by atoms with Gasteiger partial charge in [-0.05, 0) is 63.7 Å². The highest BCUT2D eigenvalue weighted by Gasteiger charge is 2.16. The predicted molar refractivity (Wildman–Crippen MR) is 102 cm³/mol. The Labute approximate surface area is 153 Å². The monoisotopic (exact) mass is 514 g/mol. The first-order chi connectivity index (χ1) is 10.1. The minimum Gasteiger partial charge on any atom is -0.289 e. The van der Waals surface area contributed by atoms with Gasteiger partial charge in [-0.1, -0.05) is 56.1 Å². The Bertz CT molecular complexity index is 859. The summed E-state index contributed by atoms with van der Waals surface area (Å²) in [5.74, 6) is 0.0316. The molecule has 21 heavy (non-hydrogen) atoms. The molecule has 0 amide bonds. The summed E-state index contributed by atoms with van der Waals surface area (Å²) in [6.45, 7) is 0. The zero-order chi connectivity index (χ0) is 15.0. The van der Waals surface area contributed by atoms with Gasteiger partial charge < -0.3 is 0 Å². The summed E-state index contributed by atoms with van der Waals surface area (Å²) in [6.07, 6.45) is 0. The molecule has 0 atom stereocenters. The van der Waals surface area contributed by atoms with Crippen LogP contribution in [-0.4, -0.2) is 5.78 Å². The van der Waals surface area contributed by atoms with Crippen molar-refractivity contribution >= 4 is 71.0 Å². The Hall–Kier alpha value is -0.720. The molecule has 4 heteroatoms. The number of carbonyl (C=O) groups excluding carboxylic acids is 1. The molecule has 0 spiro atoms. The van der Waals surface area contributed by atoms with Crippen molar-refractivity contribution in [1.29, 1.82) is 0 Å². The summed E-state index contributed by atoms with van der Waals surface area (Å²) >= 11 is 9.23. The molecule has 3 aromatic rings. The Morgan fingerprint density at radius 3 is 2.24 bits per heavy atom. The van der Waals surface area contributed by atoms with Crippen molar-refractivity contribution in [1.82, 2.24) is 0 Å². The van der Waals surface area contributed by atoms with Gasteiger partial charge in [0.15, 0.2) is 5.78 Å². The van der Waals surface area contributed by atoms with Crippen molar-refractivity contribution < 1.29 is 4.79 Å². The summed E-state index contributed by atoms with van der Waals surface area (Å²) in [4.78, 5) is 12.9. The fourth-order valence-electron chi connectivity index (χ4n) is 2.28. The number of halogens is 3. The van der Waals surface area contributed by atoms with E-state index < -0.39 is 0 Å². The van der Waals surface area contributed by atoms with Crippen LogP contribution in [0.5, 0.6) is 0 Å². The second-order valence-corrected chi connectivity index (χ2v) is 7.55. The van der Waals surface area contributed by atoms with Gasteiger partial charge in [0.05, 0.1) is 0 Å². The van der Waals surface area contributed by atoms with Crippen LogP contribution in [-0.2, 0) is 0 Å². The van der Waals surface area contributed by atoms with Gasteiger partial charge in [-0.15, -0.1) is 0 Å². The highest BCUT2D eigenvalue weighted by molar-refractivity contribution is 14.1. The average Bonchev–Trinajstić information content (AvgIpc) is 2.50. The first-order valence-electron chi connectivity index (χ1n) is 6.25. The van der Waals surface area contributed by atoms with Gasteiger partial charge in [-0.25, -0.2) is 0 Å². The lowest BCUT2D eigenvalue weighted by Crippen LogP contribution is -2.04. The minimum absolute atomic E-state index is 0.0316. The lowest BCUT2D eigenvalue weighted by atomic mass is 9.97. The molecule has 0 fully saturated rings. The standard InChI is InChI=1S/C17H9Br2IO/c18-15-8-6-13(11-3-1-2-4-12(11)15)17(21)14-9-10(20)5-7-16(14)19/h1-9H. The maximum Gasteiger partial charge on any atom is 0.194 e. The highest BCUT2D eigenvalue weighted by atomic mass is 127. The zero-order valence-electron chi connectivity index (χ0n) is 10.7. The molecule has 104 valence electrons. The van der Waals surface area contributed by atoms with E-state index in [-0.39, 0.29) is 5.78 Å². The van der Waals surface area contributed by atoms with E-state index in [0.717, 1.165) is 28.9 Å². The first-order valence-corrected chi connectivity index (χ1v) is 8.91. The van der Waals surface area contributed by atoms with Crippen LogP contribution in [0.2, 0.25) is 0 Å². The SMILES string of the molecule is O=C(c1cc(I)ccc1Br)c1ccc(Br)c2ccccc12. The number of rotatable bonds is 2. The van der Waals surface area contributed by atoms with Crippen molar-refractivity contribution in [3.63, 3.8) is 0 Å². The van der Waals surface area contributed by atoms with Crippen LogP contribution < -0.4 is 0 Å². The third kappa shape index (κ3) is 2.94. The number of benzene rings is 3. The van der Waals surface area contributed by atoms with Gasteiger partial charge in [-0.2, -0.15) is 0 Å². The summed E-state index contributed by atoms with van der Waals surface area (Å²) < 4.78 is 2.86. The average molecular weight is 516 g/mol. The Kier molecular flexibility index (Phi) is 4.47. The van der Waals surface area contributed by atoms with Crippen LogP contribution >= 0.6 is 54.5 Å². The number of hydrogen-bond donors (Lipinski definition) is 0. The van der Waals surface area contributed by atoms with E-state index in [4.69, 9.17) is 0 Å². The zero-order valence-corrected chi connectivity index (χ0v) is 16.1. The second-order valence-electron chi connectivity index (χ2n) is 4.59. The summed E-state index contributed by atoms with van der Waals surface area (Å²) in [6, 6.07) is 17.5. The maximum absolute atomic E-state index is 12.9. The van der Waals surface area contributed by atoms with E-state index in [2.05, 4.69) is 54.5 Å². The van der Waals surface area contributed by atoms with E-state index in [1.54, 1.807) is 0 Å². The molecule has 0 radical (unpaired) electrons. The maximum atomic E-state index is 12.9. The lowest BCUT2D eigenvalue weighted by molar-refractivity contribution is 0.103. The van der Waals surface area contributed by atoms with Crippen LogP contribution in [0.15, 0.2) is 63.5 Å². The molecule has 3 aromatic carbocycles. The molecule has 0 aliphatic carbocycles. The molecule has 0 bridgehead atoms. The third-order valence-electron chi connectivity index (χ3n) is 3.29. The van der Waals surface area contributed by atoms with Gasteiger partial charge >= 0.3 is 0 Å². The molecule has 3 rings (SSSR count). The van der Waals surface area contributed by atoms with Crippen LogP contribution in [0, 0.1) is 3.57 Å². The Morgan fingerprint density at radius 1 is 0.810 bits per heavy atom. The first kappa shape index (κ1) is 15.2. The largest absolute Gasteiger partial charge is 0.289 e. The molecule has 0 unspecified atom stereocenters. The van der Waals surface area contributed by atoms with Gasteiger partial charge in [-0.3, -0.25) is 4.79 Å². The number of ketones is 1. The van der Waals surface area contributed by atoms with Crippen LogP contribution in [0.25, 0.3) is 10.8 Å². The van der Waals surface area contributed by atoms with Crippen molar-refractivity contribution in [3.8, 4) is 0 Å². The lowest BCUT2D eigenvalue weighted by Gasteiger charge is -2.09. The fraction of sp³-hybridized carbons (Fsp3) is 0. The van der Waals surface area contributed by atoms with Crippen molar-refractivity contribution in [2.75, 3.05) is 0 Å². The number of carbonyl (C=O) groups is 1. The Morgan fingerprint density at radius 2 is 1.48 bits per heavy atom. The van der Waals surface area contributed by atoms with E-state index in [9.17, 15) is 4.79 Å². The smallest absolute Gasteiger partial charge is 0.194 e. The molecular formula is C17H9Br2IO. The van der Waals surface area contributed by atoms with Gasteiger partial charge in [0.2, 0.25) is 0 Å². The quantitative estimate of drug-likeness (QED) is 0.293. The summed E-state index contributed by atoms with van der Waals surface area (Å²) in [5.41, 5.74) is 1.41. The molecule has 1 nitrogen and oxygen atoms in total. The van der Waals surface area contributed by atoms with Crippen LogP contribution in [0.3, 0.4) is 0 Å². The third-order valence-corrected chi connectivity index (χ3v) is 5.34. The number of fused-ring (bicyclic) bond motifs is 1. The molecule has 0 heterocycles. The molecular weight excluding hydrogens is 507 g/mol. The van der Waals surface area contributed by atoms with Gasteiger partial charge in [0, 0.05) is 23.6 Å². The second kappa shape index (κ2) is 6.18. The number of hydrogen-bond acceptors (Lipinski definition) is 1. The molecule has 0 aromatic heterocycles. The van der Waals surface area contributed by atoms with E-state index in [1.807, 2.05) is 54.6 Å². The van der Waals surface area contributed by atoms with E-state index in [1.165, 1.54) is 0 Å². The topological polar surface area (TPSA) is 17.1 Å². The summed E-state index contributed by atoms with van der Waals surface area (Å²) in [5, 5.41) is 2.01. The summed E-state index contributed by atoms with van der Waals surface area (Å²) in [7, 11) is 0. The molecule has 0 aliphatic rings. The minimum atomic E-state index is 0.0316. The van der Waals surface area contributed by atoms with Gasteiger partial charge in [0.1, 0.15) is 0 Å². The van der Waals surface area contributed by atoms with Crippen LogP contribution in [0.1, 0.15) is 15.9 Å². The molecule has 0 saturated carbocycles. The van der Waals surface area contributed by atoms with Crippen molar-refractivity contribution in [3.05, 3.63) is 78.2 Å². The van der Waals surface area contributed by atoms with Crippen molar-refractivity contribution in [2.45, 2.75) is 0 Å². The molecule has 0 N–H and O–H groups in total. The molecule has 0 aliphatic heterocycles. The van der Waals surface area contributed by atoms with E-state index in [0.29, 0.717) is 5.56 Å². The molecule has 0 saturated heterocycles. The predicted octanol–water partition coefficient (Wildman–Crippen LogP) is 6.20. The van der Waals surface area contributed by atoms with Crippen LogP contribution in [0.4, 0.5) is 0 Å². The fourth-order valence-corrected chi connectivity index (χ4v) is 3.67. The normalized spacial score (nSPS) is 10.8. The Balaban J connectivity index is 2.23.